The fourth-order valence-electron chi connectivity index (χ4n) is 2.91. The zero-order valence-electron chi connectivity index (χ0n) is 13.4. The highest BCUT2D eigenvalue weighted by Gasteiger charge is 2.12. The Balaban J connectivity index is 1.56. The number of carbonyl (C=O) groups is 1. The van der Waals surface area contributed by atoms with Crippen LogP contribution in [0.2, 0.25) is 0 Å². The summed E-state index contributed by atoms with van der Waals surface area (Å²) in [6, 6.07) is 14.3. The summed E-state index contributed by atoms with van der Waals surface area (Å²) in [6.07, 6.45) is 2.64. The standard InChI is InChI=1S/C19H20BrIN2O/c20-16-7-8-18(21)17(11-16)19(24)22-12-14-3-5-15(6-4-14)13-23-9-1-2-10-23/h3-8,11H,1-2,9-10,12-13H2,(H,22,24). The van der Waals surface area contributed by atoms with E-state index in [4.69, 9.17) is 0 Å². The van der Waals surface area contributed by atoms with Crippen molar-refractivity contribution in [2.75, 3.05) is 13.1 Å². The third-order valence-electron chi connectivity index (χ3n) is 4.25. The fraction of sp³-hybridized carbons (Fsp3) is 0.316. The topological polar surface area (TPSA) is 32.3 Å². The fourth-order valence-corrected chi connectivity index (χ4v) is 3.85. The number of amides is 1. The van der Waals surface area contributed by atoms with Crippen LogP contribution in [0.1, 0.15) is 34.3 Å². The highest BCUT2D eigenvalue weighted by Crippen LogP contribution is 2.18. The van der Waals surface area contributed by atoms with Gasteiger partial charge in [-0.2, -0.15) is 0 Å². The second-order valence-electron chi connectivity index (χ2n) is 6.11. The maximum Gasteiger partial charge on any atom is 0.252 e. The first-order chi connectivity index (χ1) is 11.6. The number of hydrogen-bond donors (Lipinski definition) is 1. The molecular formula is C19H20BrIN2O. The number of carbonyl (C=O) groups excluding carboxylic acids is 1. The average molecular weight is 499 g/mol. The van der Waals surface area contributed by atoms with Crippen molar-refractivity contribution in [2.45, 2.75) is 25.9 Å². The summed E-state index contributed by atoms with van der Waals surface area (Å²) in [5, 5.41) is 3.00. The Kier molecular flexibility index (Phi) is 6.30. The third-order valence-corrected chi connectivity index (χ3v) is 5.69. The van der Waals surface area contributed by atoms with Gasteiger partial charge >= 0.3 is 0 Å². The smallest absolute Gasteiger partial charge is 0.252 e. The monoisotopic (exact) mass is 498 g/mol. The molecule has 0 bridgehead atoms. The molecule has 126 valence electrons. The molecule has 0 atom stereocenters. The van der Waals surface area contributed by atoms with Gasteiger partial charge in [-0.05, 0) is 77.8 Å². The van der Waals surface area contributed by atoms with Crippen molar-refractivity contribution in [1.82, 2.24) is 10.2 Å². The summed E-state index contributed by atoms with van der Waals surface area (Å²) in [6.45, 7) is 4.00. The average Bonchev–Trinajstić information content (AvgIpc) is 3.09. The second kappa shape index (κ2) is 8.45. The number of benzene rings is 2. The number of likely N-dealkylation sites (tertiary alicyclic amines) is 1. The zero-order valence-corrected chi connectivity index (χ0v) is 17.1. The van der Waals surface area contributed by atoms with Gasteiger partial charge in [-0.1, -0.05) is 40.2 Å². The molecule has 1 N–H and O–H groups in total. The second-order valence-corrected chi connectivity index (χ2v) is 8.18. The molecule has 0 spiro atoms. The molecule has 5 heteroatoms. The van der Waals surface area contributed by atoms with Crippen LogP contribution < -0.4 is 5.32 Å². The van der Waals surface area contributed by atoms with E-state index < -0.39 is 0 Å². The van der Waals surface area contributed by atoms with Crippen molar-refractivity contribution in [1.29, 1.82) is 0 Å². The van der Waals surface area contributed by atoms with Gasteiger partial charge in [0.25, 0.3) is 5.91 Å². The Morgan fingerprint density at radius 3 is 2.46 bits per heavy atom. The summed E-state index contributed by atoms with van der Waals surface area (Å²) < 4.78 is 1.87. The van der Waals surface area contributed by atoms with Crippen molar-refractivity contribution < 1.29 is 4.79 Å². The van der Waals surface area contributed by atoms with E-state index in [0.29, 0.717) is 12.1 Å². The van der Waals surface area contributed by atoms with E-state index in [1.165, 1.54) is 31.5 Å². The van der Waals surface area contributed by atoms with Crippen LogP contribution in [0, 0.1) is 3.57 Å². The lowest BCUT2D eigenvalue weighted by atomic mass is 10.1. The first-order valence-electron chi connectivity index (χ1n) is 8.15. The maximum atomic E-state index is 12.3. The molecular weight excluding hydrogens is 479 g/mol. The minimum absolute atomic E-state index is 0.0400. The van der Waals surface area contributed by atoms with Gasteiger partial charge in [-0.25, -0.2) is 0 Å². The molecule has 0 saturated carbocycles. The molecule has 0 radical (unpaired) electrons. The Hall–Kier alpha value is -0.920. The first-order valence-corrected chi connectivity index (χ1v) is 10.0. The SMILES string of the molecule is O=C(NCc1ccc(CN2CCCC2)cc1)c1cc(Br)ccc1I. The molecule has 24 heavy (non-hydrogen) atoms. The highest BCUT2D eigenvalue weighted by molar-refractivity contribution is 14.1. The predicted molar refractivity (Wildman–Crippen MR) is 109 cm³/mol. The van der Waals surface area contributed by atoms with E-state index in [1.807, 2.05) is 18.2 Å². The van der Waals surface area contributed by atoms with Crippen LogP contribution in [0.15, 0.2) is 46.9 Å². The Morgan fingerprint density at radius 1 is 1.08 bits per heavy atom. The van der Waals surface area contributed by atoms with Crippen molar-refractivity contribution in [3.05, 3.63) is 67.2 Å². The molecule has 1 saturated heterocycles. The van der Waals surface area contributed by atoms with Gasteiger partial charge in [0.2, 0.25) is 0 Å². The van der Waals surface area contributed by atoms with Gasteiger partial charge in [0.05, 0.1) is 5.56 Å². The van der Waals surface area contributed by atoms with Crippen LogP contribution in [0.25, 0.3) is 0 Å². The van der Waals surface area contributed by atoms with E-state index in [9.17, 15) is 4.79 Å². The summed E-state index contributed by atoms with van der Waals surface area (Å²) in [7, 11) is 0. The van der Waals surface area contributed by atoms with E-state index in [0.717, 1.165) is 20.2 Å². The maximum absolute atomic E-state index is 12.3. The number of halogens is 2. The lowest BCUT2D eigenvalue weighted by Gasteiger charge is -2.14. The predicted octanol–water partition coefficient (Wildman–Crippen LogP) is 4.58. The van der Waals surface area contributed by atoms with Crippen molar-refractivity contribution in [3.8, 4) is 0 Å². The van der Waals surface area contributed by atoms with Crippen LogP contribution in [-0.4, -0.2) is 23.9 Å². The molecule has 3 nitrogen and oxygen atoms in total. The number of nitrogens with zero attached hydrogens (tertiary/aromatic N) is 1. The van der Waals surface area contributed by atoms with E-state index in [-0.39, 0.29) is 5.91 Å². The largest absolute Gasteiger partial charge is 0.348 e. The minimum Gasteiger partial charge on any atom is -0.348 e. The van der Waals surface area contributed by atoms with Crippen molar-refractivity contribution in [3.63, 3.8) is 0 Å². The van der Waals surface area contributed by atoms with E-state index in [2.05, 4.69) is 73.0 Å². The van der Waals surface area contributed by atoms with Gasteiger partial charge in [0, 0.05) is 21.1 Å². The van der Waals surface area contributed by atoms with Crippen LogP contribution >= 0.6 is 38.5 Å². The molecule has 0 aliphatic carbocycles. The molecule has 1 heterocycles. The Labute approximate surface area is 165 Å². The quantitative estimate of drug-likeness (QED) is 0.612. The third kappa shape index (κ3) is 4.80. The van der Waals surface area contributed by atoms with Crippen molar-refractivity contribution >= 4 is 44.4 Å². The Bertz CT molecular complexity index is 712. The molecule has 2 aromatic rings. The number of rotatable bonds is 5. The molecule has 1 aliphatic heterocycles. The first kappa shape index (κ1) is 17.9. The molecule has 1 amide bonds. The minimum atomic E-state index is -0.0400. The van der Waals surface area contributed by atoms with Gasteiger partial charge in [0.1, 0.15) is 0 Å². The van der Waals surface area contributed by atoms with Crippen LogP contribution in [-0.2, 0) is 13.1 Å². The van der Waals surface area contributed by atoms with Gasteiger partial charge in [-0.3, -0.25) is 9.69 Å². The van der Waals surface area contributed by atoms with Crippen molar-refractivity contribution in [2.24, 2.45) is 0 Å². The van der Waals surface area contributed by atoms with Gasteiger partial charge < -0.3 is 5.32 Å². The molecule has 0 unspecified atom stereocenters. The lowest BCUT2D eigenvalue weighted by Crippen LogP contribution is -2.23. The zero-order chi connectivity index (χ0) is 16.9. The van der Waals surface area contributed by atoms with Crippen LogP contribution in [0.3, 0.4) is 0 Å². The van der Waals surface area contributed by atoms with Crippen LogP contribution in [0.4, 0.5) is 0 Å². The van der Waals surface area contributed by atoms with Gasteiger partial charge in [-0.15, -0.1) is 0 Å². The summed E-state index contributed by atoms with van der Waals surface area (Å²) in [5.41, 5.74) is 3.17. The normalized spacial score (nSPS) is 14.8. The summed E-state index contributed by atoms with van der Waals surface area (Å²) in [5.74, 6) is -0.0400. The lowest BCUT2D eigenvalue weighted by molar-refractivity contribution is 0.0950. The summed E-state index contributed by atoms with van der Waals surface area (Å²) in [4.78, 5) is 14.8. The number of hydrogen-bond acceptors (Lipinski definition) is 2. The highest BCUT2D eigenvalue weighted by atomic mass is 127. The van der Waals surface area contributed by atoms with E-state index in [1.54, 1.807) is 0 Å². The molecule has 1 fully saturated rings. The summed E-state index contributed by atoms with van der Waals surface area (Å²) >= 11 is 5.60. The molecule has 1 aliphatic rings. The molecule has 3 rings (SSSR count). The van der Waals surface area contributed by atoms with E-state index >= 15 is 0 Å². The Morgan fingerprint density at radius 2 is 1.75 bits per heavy atom. The molecule has 0 aromatic heterocycles. The van der Waals surface area contributed by atoms with Gasteiger partial charge in [0.15, 0.2) is 0 Å². The van der Waals surface area contributed by atoms with Crippen LogP contribution in [0.5, 0.6) is 0 Å². The molecule has 2 aromatic carbocycles. The number of nitrogens with one attached hydrogen (secondary N) is 1.